The number of aromatic amines is 1. The molecule has 10 heteroatoms. The van der Waals surface area contributed by atoms with Crippen molar-refractivity contribution in [1.29, 1.82) is 10.5 Å². The van der Waals surface area contributed by atoms with Gasteiger partial charge in [-0.2, -0.15) is 10.5 Å². The molecule has 0 spiro atoms. The molecule has 0 atom stereocenters. The van der Waals surface area contributed by atoms with E-state index in [1.807, 2.05) is 17.2 Å². The number of hydrogen-bond donors (Lipinski definition) is 1. The van der Waals surface area contributed by atoms with Crippen molar-refractivity contribution in [3.05, 3.63) is 30.0 Å². The molecular formula is C29H34N8O2. The Morgan fingerprint density at radius 3 is 2.62 bits per heavy atom. The molecule has 0 aromatic carbocycles. The highest BCUT2D eigenvalue weighted by Gasteiger charge is 2.50. The molecule has 4 aliphatic rings. The molecule has 5 heterocycles. The summed E-state index contributed by atoms with van der Waals surface area (Å²) >= 11 is 0. The second-order valence-corrected chi connectivity index (χ2v) is 11.3. The largest absolute Gasteiger partial charge is 0.346 e. The monoisotopic (exact) mass is 526 g/mol. The molecule has 1 aliphatic carbocycles. The van der Waals surface area contributed by atoms with E-state index in [9.17, 15) is 14.9 Å². The Bertz CT molecular complexity index is 1370. The number of likely N-dealkylation sites (tertiary alicyclic amines) is 2. The Kier molecular flexibility index (Phi) is 6.84. The average molecular weight is 527 g/mol. The SMILES string of the molecule is N#CCC(=O)N1CCC(N2CC(CC#N)(N3CC=C(c4cc(N(C=O)C5CC5)nc5[nH]ccc45)CC3)C2)CC1. The number of anilines is 1. The fourth-order valence-electron chi connectivity index (χ4n) is 6.65. The van der Waals surface area contributed by atoms with E-state index >= 15 is 0 Å². The van der Waals surface area contributed by atoms with Crippen molar-refractivity contribution >= 4 is 34.7 Å². The molecule has 2 aromatic heterocycles. The summed E-state index contributed by atoms with van der Waals surface area (Å²) in [5.41, 5.74) is 3.05. The van der Waals surface area contributed by atoms with Crippen LogP contribution >= 0.6 is 0 Å². The molecule has 0 unspecified atom stereocenters. The van der Waals surface area contributed by atoms with Crippen molar-refractivity contribution in [3.63, 3.8) is 0 Å². The fraction of sp³-hybridized carbons (Fsp3) is 0.552. The number of rotatable bonds is 8. The smallest absolute Gasteiger partial charge is 0.236 e. The van der Waals surface area contributed by atoms with E-state index in [-0.39, 0.29) is 23.9 Å². The van der Waals surface area contributed by atoms with Crippen molar-refractivity contribution in [3.8, 4) is 12.1 Å². The van der Waals surface area contributed by atoms with E-state index in [4.69, 9.17) is 10.2 Å². The van der Waals surface area contributed by atoms with Gasteiger partial charge >= 0.3 is 0 Å². The molecule has 0 bridgehead atoms. The normalized spacial score (nSPS) is 22.0. The fourth-order valence-corrected chi connectivity index (χ4v) is 6.65. The third kappa shape index (κ3) is 4.80. The molecule has 10 nitrogen and oxygen atoms in total. The van der Waals surface area contributed by atoms with Crippen molar-refractivity contribution in [2.24, 2.45) is 0 Å². The van der Waals surface area contributed by atoms with E-state index in [0.29, 0.717) is 31.4 Å². The number of amides is 2. The number of hydrogen-bond acceptors (Lipinski definition) is 7. The maximum Gasteiger partial charge on any atom is 0.236 e. The van der Waals surface area contributed by atoms with Crippen LogP contribution in [0.15, 0.2) is 24.4 Å². The van der Waals surface area contributed by atoms with Crippen molar-refractivity contribution in [2.75, 3.05) is 44.2 Å². The molecule has 1 N–H and O–H groups in total. The van der Waals surface area contributed by atoms with Crippen LogP contribution in [0.5, 0.6) is 0 Å². The minimum atomic E-state index is -0.141. The number of fused-ring (bicyclic) bond motifs is 1. The zero-order valence-electron chi connectivity index (χ0n) is 22.2. The van der Waals surface area contributed by atoms with Crippen molar-refractivity contribution in [2.45, 2.75) is 62.6 Å². The molecule has 6 rings (SSSR count). The average Bonchev–Trinajstić information content (AvgIpc) is 3.66. The Hall–Kier alpha value is -3.73. The molecule has 202 valence electrons. The van der Waals surface area contributed by atoms with Crippen LogP contribution in [0.25, 0.3) is 16.6 Å². The highest BCUT2D eigenvalue weighted by atomic mass is 16.2. The number of nitrogens with one attached hydrogen (secondary N) is 1. The van der Waals surface area contributed by atoms with Crippen LogP contribution in [0.3, 0.4) is 0 Å². The molecule has 2 amide bonds. The van der Waals surface area contributed by atoms with Crippen LogP contribution in [0.2, 0.25) is 0 Å². The molecule has 2 aromatic rings. The topological polar surface area (TPSA) is 123 Å². The summed E-state index contributed by atoms with van der Waals surface area (Å²) in [4.78, 5) is 40.3. The van der Waals surface area contributed by atoms with E-state index < -0.39 is 0 Å². The predicted octanol–water partition coefficient (Wildman–Crippen LogP) is 2.65. The lowest BCUT2D eigenvalue weighted by Gasteiger charge is -2.58. The molecule has 3 aliphatic heterocycles. The predicted molar refractivity (Wildman–Crippen MR) is 146 cm³/mol. The Morgan fingerprint density at radius 2 is 1.97 bits per heavy atom. The number of aromatic nitrogens is 2. The van der Waals surface area contributed by atoms with Crippen LogP contribution in [0.4, 0.5) is 5.82 Å². The van der Waals surface area contributed by atoms with Gasteiger partial charge in [0.25, 0.3) is 0 Å². The van der Waals surface area contributed by atoms with Gasteiger partial charge in [-0.15, -0.1) is 0 Å². The lowest BCUT2D eigenvalue weighted by atomic mass is 9.80. The quantitative estimate of drug-likeness (QED) is 0.525. The highest BCUT2D eigenvalue weighted by molar-refractivity contribution is 5.93. The van der Waals surface area contributed by atoms with Crippen molar-refractivity contribution < 1.29 is 9.59 Å². The number of carbonyl (C=O) groups excluding carboxylic acids is 2. The van der Waals surface area contributed by atoms with Crippen LogP contribution in [0, 0.1) is 22.7 Å². The zero-order valence-corrected chi connectivity index (χ0v) is 22.2. The summed E-state index contributed by atoms with van der Waals surface area (Å²) in [5.74, 6) is 0.635. The number of pyridine rings is 1. The molecule has 39 heavy (non-hydrogen) atoms. The first kappa shape index (κ1) is 25.5. The Labute approximate surface area is 228 Å². The Balaban J connectivity index is 1.14. The first-order chi connectivity index (χ1) is 19.0. The van der Waals surface area contributed by atoms with Crippen LogP contribution in [0.1, 0.15) is 50.5 Å². The van der Waals surface area contributed by atoms with Gasteiger partial charge in [0.1, 0.15) is 17.9 Å². The minimum Gasteiger partial charge on any atom is -0.346 e. The van der Waals surface area contributed by atoms with Gasteiger partial charge in [-0.1, -0.05) is 6.08 Å². The summed E-state index contributed by atoms with van der Waals surface area (Å²) in [6.07, 6.45) is 10.3. The van der Waals surface area contributed by atoms with E-state index in [2.05, 4.69) is 39.1 Å². The van der Waals surface area contributed by atoms with E-state index in [0.717, 1.165) is 81.3 Å². The molecular weight excluding hydrogens is 492 g/mol. The van der Waals surface area contributed by atoms with Gasteiger partial charge in [-0.3, -0.25) is 24.3 Å². The summed E-state index contributed by atoms with van der Waals surface area (Å²) in [6.45, 7) is 4.82. The first-order valence-electron chi connectivity index (χ1n) is 14.0. The van der Waals surface area contributed by atoms with Gasteiger partial charge in [-0.25, -0.2) is 4.98 Å². The summed E-state index contributed by atoms with van der Waals surface area (Å²) < 4.78 is 0. The second kappa shape index (κ2) is 10.4. The van der Waals surface area contributed by atoms with Gasteiger partial charge in [0.05, 0.1) is 24.1 Å². The zero-order chi connectivity index (χ0) is 27.0. The highest BCUT2D eigenvalue weighted by Crippen LogP contribution is 2.39. The first-order valence-corrected chi connectivity index (χ1v) is 14.0. The van der Waals surface area contributed by atoms with Crippen LogP contribution in [-0.4, -0.2) is 93.9 Å². The number of nitrogens with zero attached hydrogens (tertiary/aromatic N) is 7. The van der Waals surface area contributed by atoms with Gasteiger partial charge in [0.15, 0.2) is 0 Å². The number of piperidine rings is 1. The molecule has 1 saturated carbocycles. The van der Waals surface area contributed by atoms with Gasteiger partial charge < -0.3 is 9.88 Å². The Morgan fingerprint density at radius 1 is 1.18 bits per heavy atom. The van der Waals surface area contributed by atoms with Gasteiger partial charge in [0.2, 0.25) is 12.3 Å². The molecule has 0 radical (unpaired) electrons. The summed E-state index contributed by atoms with van der Waals surface area (Å²) in [7, 11) is 0. The van der Waals surface area contributed by atoms with Crippen LogP contribution in [-0.2, 0) is 9.59 Å². The lowest BCUT2D eigenvalue weighted by Crippen LogP contribution is -2.72. The van der Waals surface area contributed by atoms with Gasteiger partial charge in [-0.05, 0) is 55.4 Å². The third-order valence-corrected chi connectivity index (χ3v) is 9.03. The standard InChI is InChI=1S/C29H34N8O2/c30-10-3-27(39)34-13-7-22(8-14-34)35-18-29(19-35,9-11-31)36-15-5-21(6-16-36)25-17-26(37(20-38)23-1-2-23)33-28-24(25)4-12-32-28/h4-5,12,17,20,22-23H,1-3,6-9,13-16,18-19H2,(H,32,33). The summed E-state index contributed by atoms with van der Waals surface area (Å²) in [6, 6.07) is 9.20. The number of H-pyrrole nitrogens is 1. The lowest BCUT2D eigenvalue weighted by molar-refractivity contribution is -0.133. The molecule has 2 saturated heterocycles. The number of nitriles is 2. The number of carbonyl (C=O) groups is 2. The van der Waals surface area contributed by atoms with Crippen LogP contribution < -0.4 is 4.90 Å². The van der Waals surface area contributed by atoms with Crippen molar-refractivity contribution in [1.82, 2.24) is 24.7 Å². The summed E-state index contributed by atoms with van der Waals surface area (Å²) in [5, 5.41) is 19.6. The van der Waals surface area contributed by atoms with Gasteiger partial charge in [0, 0.05) is 62.9 Å². The van der Waals surface area contributed by atoms with E-state index in [1.165, 1.54) is 5.57 Å². The molecule has 3 fully saturated rings. The maximum absolute atomic E-state index is 12.1. The second-order valence-electron chi connectivity index (χ2n) is 11.3. The third-order valence-electron chi connectivity index (χ3n) is 9.03. The minimum absolute atomic E-state index is 0.0452. The van der Waals surface area contributed by atoms with E-state index in [1.54, 1.807) is 4.90 Å². The maximum atomic E-state index is 12.1.